The van der Waals surface area contributed by atoms with Gasteiger partial charge in [-0.15, -0.1) is 11.3 Å². The summed E-state index contributed by atoms with van der Waals surface area (Å²) in [6, 6.07) is 3.74. The van der Waals surface area contributed by atoms with E-state index < -0.39 is 0 Å². The van der Waals surface area contributed by atoms with E-state index in [1.54, 1.807) is 7.05 Å². The van der Waals surface area contributed by atoms with Crippen molar-refractivity contribution in [1.29, 1.82) is 0 Å². The largest absolute Gasteiger partial charge is 0.356 e. The average Bonchev–Trinajstić information content (AvgIpc) is 3.29. The van der Waals surface area contributed by atoms with Gasteiger partial charge in [0.15, 0.2) is 5.96 Å². The number of nitrogens with one attached hydrogen (secondary N) is 3. The second kappa shape index (κ2) is 9.67. The van der Waals surface area contributed by atoms with Crippen LogP contribution in [0.3, 0.4) is 0 Å². The Labute approximate surface area is 149 Å². The summed E-state index contributed by atoms with van der Waals surface area (Å²) in [5, 5.41) is 11.7. The number of guanidine groups is 1. The van der Waals surface area contributed by atoms with Crippen LogP contribution >= 0.6 is 11.3 Å². The van der Waals surface area contributed by atoms with Gasteiger partial charge in [0.05, 0.1) is 4.88 Å². The van der Waals surface area contributed by atoms with Gasteiger partial charge in [0.25, 0.3) is 5.91 Å². The van der Waals surface area contributed by atoms with E-state index in [1.807, 2.05) is 17.5 Å². The van der Waals surface area contributed by atoms with Gasteiger partial charge in [-0.25, -0.2) is 0 Å². The van der Waals surface area contributed by atoms with Crippen LogP contribution in [-0.4, -0.2) is 38.5 Å². The zero-order valence-electron chi connectivity index (χ0n) is 14.9. The van der Waals surface area contributed by atoms with Crippen molar-refractivity contribution >= 4 is 23.2 Å². The molecule has 0 bridgehead atoms. The zero-order valence-corrected chi connectivity index (χ0v) is 15.7. The fraction of sp³-hybridized carbons (Fsp3) is 0.667. The van der Waals surface area contributed by atoms with Gasteiger partial charge in [-0.2, -0.15) is 0 Å². The molecule has 0 aromatic carbocycles. The van der Waals surface area contributed by atoms with Crippen molar-refractivity contribution < 1.29 is 4.79 Å². The van der Waals surface area contributed by atoms with Crippen LogP contribution in [0.25, 0.3) is 0 Å². The summed E-state index contributed by atoms with van der Waals surface area (Å²) in [7, 11) is 1.81. The van der Waals surface area contributed by atoms with Crippen LogP contribution in [0, 0.1) is 5.41 Å². The van der Waals surface area contributed by atoms with Crippen LogP contribution in [0.1, 0.15) is 55.1 Å². The lowest BCUT2D eigenvalue weighted by atomic mass is 9.83. The van der Waals surface area contributed by atoms with Crippen molar-refractivity contribution in [2.75, 3.05) is 26.7 Å². The molecule has 0 radical (unpaired) electrons. The Balaban J connectivity index is 1.60. The van der Waals surface area contributed by atoms with Crippen molar-refractivity contribution in [3.63, 3.8) is 0 Å². The normalized spacial score (nSPS) is 16.8. The molecule has 0 unspecified atom stereocenters. The summed E-state index contributed by atoms with van der Waals surface area (Å²) in [6.45, 7) is 4.75. The monoisotopic (exact) mass is 350 g/mol. The Morgan fingerprint density at radius 3 is 2.62 bits per heavy atom. The number of hydrogen-bond donors (Lipinski definition) is 3. The number of carbonyl (C=O) groups excluding carboxylic acids is 1. The molecule has 1 aromatic rings. The van der Waals surface area contributed by atoms with E-state index in [0.717, 1.165) is 30.3 Å². The van der Waals surface area contributed by atoms with E-state index in [0.29, 0.717) is 12.0 Å². The molecule has 0 spiro atoms. The first-order chi connectivity index (χ1) is 11.7. The SMILES string of the molecule is CCC1(CNC(=NC)NCCCNC(=O)c2cccs2)CCCC1. The van der Waals surface area contributed by atoms with Gasteiger partial charge in [0.2, 0.25) is 0 Å². The van der Waals surface area contributed by atoms with Crippen molar-refractivity contribution in [3.8, 4) is 0 Å². The van der Waals surface area contributed by atoms with Crippen LogP contribution in [0.4, 0.5) is 0 Å². The molecule has 1 heterocycles. The molecule has 0 aliphatic heterocycles. The molecule has 5 nitrogen and oxygen atoms in total. The van der Waals surface area contributed by atoms with Crippen molar-refractivity contribution in [2.45, 2.75) is 45.4 Å². The van der Waals surface area contributed by atoms with E-state index >= 15 is 0 Å². The maximum atomic E-state index is 11.8. The molecule has 2 rings (SSSR count). The highest BCUT2D eigenvalue weighted by Gasteiger charge is 2.31. The molecule has 1 amide bonds. The fourth-order valence-electron chi connectivity index (χ4n) is 3.26. The molecule has 1 fully saturated rings. The number of hydrogen-bond acceptors (Lipinski definition) is 3. The average molecular weight is 351 g/mol. The fourth-order valence-corrected chi connectivity index (χ4v) is 3.90. The van der Waals surface area contributed by atoms with Crippen LogP contribution in [0.5, 0.6) is 0 Å². The lowest BCUT2D eigenvalue weighted by Crippen LogP contribution is -2.43. The standard InChI is InChI=1S/C18H30N4OS/c1-3-18(9-4-5-10-18)14-22-17(19-2)21-12-7-11-20-16(23)15-8-6-13-24-15/h6,8,13H,3-5,7,9-12,14H2,1-2H3,(H,20,23)(H2,19,21,22). The molecule has 0 saturated heterocycles. The molecule has 1 aromatic heterocycles. The highest BCUT2D eigenvalue weighted by molar-refractivity contribution is 7.12. The first-order valence-corrected chi connectivity index (χ1v) is 9.83. The Morgan fingerprint density at radius 1 is 1.25 bits per heavy atom. The van der Waals surface area contributed by atoms with Crippen molar-refractivity contribution in [3.05, 3.63) is 22.4 Å². The van der Waals surface area contributed by atoms with Crippen LogP contribution in [-0.2, 0) is 0 Å². The van der Waals surface area contributed by atoms with Gasteiger partial charge in [0.1, 0.15) is 0 Å². The lowest BCUT2D eigenvalue weighted by Gasteiger charge is -2.28. The van der Waals surface area contributed by atoms with Gasteiger partial charge in [-0.3, -0.25) is 9.79 Å². The van der Waals surface area contributed by atoms with E-state index in [4.69, 9.17) is 0 Å². The molecule has 1 saturated carbocycles. The van der Waals surface area contributed by atoms with Crippen molar-refractivity contribution in [1.82, 2.24) is 16.0 Å². The molecule has 24 heavy (non-hydrogen) atoms. The molecule has 6 heteroatoms. The zero-order chi connectivity index (χ0) is 17.3. The minimum atomic E-state index is 0.0126. The molecular weight excluding hydrogens is 320 g/mol. The van der Waals surface area contributed by atoms with Gasteiger partial charge in [-0.1, -0.05) is 25.8 Å². The quantitative estimate of drug-likeness (QED) is 0.384. The maximum Gasteiger partial charge on any atom is 0.261 e. The highest BCUT2D eigenvalue weighted by Crippen LogP contribution is 2.40. The highest BCUT2D eigenvalue weighted by atomic mass is 32.1. The molecule has 1 aliphatic rings. The van der Waals surface area contributed by atoms with Crippen LogP contribution in [0.15, 0.2) is 22.5 Å². The summed E-state index contributed by atoms with van der Waals surface area (Å²) in [5.41, 5.74) is 0.451. The molecule has 0 atom stereocenters. The number of amides is 1. The first kappa shape index (κ1) is 18.8. The molecule has 3 N–H and O–H groups in total. The van der Waals surface area contributed by atoms with E-state index in [2.05, 4.69) is 27.9 Å². The summed E-state index contributed by atoms with van der Waals surface area (Å²) in [4.78, 5) is 16.9. The van der Waals surface area contributed by atoms with E-state index in [1.165, 1.54) is 43.4 Å². The predicted molar refractivity (Wildman–Crippen MR) is 102 cm³/mol. The Hall–Kier alpha value is -1.56. The minimum absolute atomic E-state index is 0.0126. The number of nitrogens with zero attached hydrogens (tertiary/aromatic N) is 1. The topological polar surface area (TPSA) is 65.5 Å². The maximum absolute atomic E-state index is 11.8. The summed E-state index contributed by atoms with van der Waals surface area (Å²) >= 11 is 1.47. The van der Waals surface area contributed by atoms with Gasteiger partial charge in [0, 0.05) is 26.7 Å². The number of aliphatic imine (C=N–C) groups is 1. The second-order valence-corrected chi connectivity index (χ2v) is 7.45. The lowest BCUT2D eigenvalue weighted by molar-refractivity contribution is 0.0957. The molecular formula is C18H30N4OS. The number of rotatable bonds is 8. The Morgan fingerprint density at radius 2 is 2.00 bits per heavy atom. The summed E-state index contributed by atoms with van der Waals surface area (Å²) in [5.74, 6) is 0.873. The Kier molecular flexibility index (Phi) is 7.56. The molecule has 1 aliphatic carbocycles. The smallest absolute Gasteiger partial charge is 0.261 e. The first-order valence-electron chi connectivity index (χ1n) is 8.95. The molecule has 134 valence electrons. The van der Waals surface area contributed by atoms with Crippen molar-refractivity contribution in [2.24, 2.45) is 10.4 Å². The van der Waals surface area contributed by atoms with Gasteiger partial charge in [-0.05, 0) is 42.5 Å². The predicted octanol–water partition coefficient (Wildman–Crippen LogP) is 3.00. The second-order valence-electron chi connectivity index (χ2n) is 6.50. The van der Waals surface area contributed by atoms with Crippen LogP contribution in [0.2, 0.25) is 0 Å². The minimum Gasteiger partial charge on any atom is -0.356 e. The number of thiophene rings is 1. The Bertz CT molecular complexity index is 521. The van der Waals surface area contributed by atoms with Gasteiger partial charge >= 0.3 is 0 Å². The summed E-state index contributed by atoms with van der Waals surface area (Å²) < 4.78 is 0. The van der Waals surface area contributed by atoms with E-state index in [-0.39, 0.29) is 5.91 Å². The van der Waals surface area contributed by atoms with Gasteiger partial charge < -0.3 is 16.0 Å². The number of carbonyl (C=O) groups is 1. The third-order valence-electron chi connectivity index (χ3n) is 4.95. The third-order valence-corrected chi connectivity index (χ3v) is 5.81. The van der Waals surface area contributed by atoms with E-state index in [9.17, 15) is 4.79 Å². The summed E-state index contributed by atoms with van der Waals surface area (Å²) in [6.07, 6.45) is 7.45. The van der Waals surface area contributed by atoms with Crippen LogP contribution < -0.4 is 16.0 Å². The third kappa shape index (κ3) is 5.51.